The van der Waals surface area contributed by atoms with Crippen molar-refractivity contribution in [3.8, 4) is 0 Å². The maximum absolute atomic E-state index is 12.3. The number of aliphatic hydroxyl groups is 7. The van der Waals surface area contributed by atoms with Gasteiger partial charge in [0, 0.05) is 6.20 Å². The van der Waals surface area contributed by atoms with E-state index in [-0.39, 0.29) is 0 Å². The first kappa shape index (κ1) is 22.5. The van der Waals surface area contributed by atoms with E-state index in [9.17, 15) is 50.4 Å². The number of aliphatic hydroxyl groups excluding tert-OH is 7. The minimum Gasteiger partial charge on any atom is -0.479 e. The Morgan fingerprint density at radius 1 is 1.13 bits per heavy atom. The highest BCUT2D eigenvalue weighted by atomic mass is 16.7. The van der Waals surface area contributed by atoms with E-state index < -0.39 is 84.4 Å². The van der Waals surface area contributed by atoms with Crippen LogP contribution in [0.2, 0.25) is 0 Å². The Balaban J connectivity index is 2.17. The van der Waals surface area contributed by atoms with E-state index in [0.29, 0.717) is 10.8 Å². The number of ether oxygens (including phenoxy) is 2. The molecule has 0 bridgehead atoms. The van der Waals surface area contributed by atoms with Crippen molar-refractivity contribution >= 4 is 11.8 Å². The van der Waals surface area contributed by atoms with Crippen LogP contribution in [0.3, 0.4) is 0 Å². The summed E-state index contributed by atoms with van der Waals surface area (Å²) in [7, 11) is 0. The number of nitrogens with zero attached hydrogens (tertiary/aromatic N) is 2. The van der Waals surface area contributed by atoms with Gasteiger partial charge in [-0.15, -0.1) is 0 Å². The van der Waals surface area contributed by atoms with Crippen LogP contribution in [0.15, 0.2) is 11.0 Å². The molecule has 3 rings (SSSR count). The number of carboxylic acids is 1. The molecule has 2 fully saturated rings. The molecule has 3 heterocycles. The van der Waals surface area contributed by atoms with Gasteiger partial charge in [0.1, 0.15) is 42.4 Å². The van der Waals surface area contributed by atoms with E-state index in [4.69, 9.17) is 15.2 Å². The number of rotatable bonds is 4. The molecule has 0 aromatic carbocycles. The van der Waals surface area contributed by atoms with Gasteiger partial charge in [0.15, 0.2) is 12.5 Å². The highest BCUT2D eigenvalue weighted by Crippen LogP contribution is 2.40. The summed E-state index contributed by atoms with van der Waals surface area (Å²) in [5, 5.41) is 78.8. The second-order valence-electron chi connectivity index (χ2n) is 6.93. The zero-order chi connectivity index (χ0) is 22.5. The third kappa shape index (κ3) is 3.16. The van der Waals surface area contributed by atoms with Crippen LogP contribution in [-0.2, 0) is 19.9 Å². The van der Waals surface area contributed by atoms with Gasteiger partial charge in [-0.2, -0.15) is 4.98 Å². The zero-order valence-corrected chi connectivity index (χ0v) is 15.1. The van der Waals surface area contributed by atoms with Crippen LogP contribution in [-0.4, -0.2) is 106 Å². The van der Waals surface area contributed by atoms with Crippen molar-refractivity contribution in [3.05, 3.63) is 22.2 Å². The SMILES string of the molecule is Nc1nc(=O)n(C2O[C@H](CO)[C@@H](O)[C@H]2O)cc1C1(C(=O)O)OC(O)C(O)C(O)C1O. The van der Waals surface area contributed by atoms with Gasteiger partial charge in [0.25, 0.3) is 0 Å². The van der Waals surface area contributed by atoms with Crippen molar-refractivity contribution in [1.82, 2.24) is 9.55 Å². The van der Waals surface area contributed by atoms with E-state index in [0.717, 1.165) is 0 Å². The molecule has 168 valence electrons. The van der Waals surface area contributed by atoms with Gasteiger partial charge in [-0.1, -0.05) is 0 Å². The van der Waals surface area contributed by atoms with Crippen LogP contribution in [0.1, 0.15) is 11.8 Å². The smallest absolute Gasteiger partial charge is 0.351 e. The van der Waals surface area contributed by atoms with Crippen LogP contribution >= 0.6 is 0 Å². The van der Waals surface area contributed by atoms with Gasteiger partial charge in [0.2, 0.25) is 5.60 Å². The number of nitrogen functional groups attached to an aromatic ring is 1. The minimum absolute atomic E-state index is 0.541. The molecule has 0 amide bonds. The standard InChI is InChI=1S/C15H21N3O12/c16-10-3(15(13(26)27)9(24)6(21)8(23)12(25)30-15)1-18(14(28)17-10)11-7(22)5(20)4(2-19)29-11/h1,4-9,11-12,19-25H,2H2,(H,26,27)(H2,16,17,28)/t4-,5-,6?,7-,8?,9?,11?,12?,15?/m1/s1. The summed E-state index contributed by atoms with van der Waals surface area (Å²) in [6.07, 6.45) is -14.5. The Kier molecular flexibility index (Phi) is 5.84. The summed E-state index contributed by atoms with van der Waals surface area (Å²) in [5.41, 5.74) is 0.793. The molecule has 2 aliphatic heterocycles. The zero-order valence-electron chi connectivity index (χ0n) is 15.1. The molecule has 1 aromatic heterocycles. The molecular formula is C15H21N3O12. The minimum atomic E-state index is -2.98. The molecular weight excluding hydrogens is 414 g/mol. The van der Waals surface area contributed by atoms with E-state index >= 15 is 0 Å². The number of hydrogen-bond acceptors (Lipinski definition) is 13. The average molecular weight is 435 g/mol. The van der Waals surface area contributed by atoms with Gasteiger partial charge in [-0.3, -0.25) is 4.57 Å². The van der Waals surface area contributed by atoms with Crippen LogP contribution < -0.4 is 11.4 Å². The highest BCUT2D eigenvalue weighted by Gasteiger charge is 2.61. The van der Waals surface area contributed by atoms with E-state index in [1.165, 1.54) is 0 Å². The molecule has 6 unspecified atom stereocenters. The van der Waals surface area contributed by atoms with E-state index in [1.807, 2.05) is 0 Å². The Bertz CT molecular complexity index is 879. The number of anilines is 1. The van der Waals surface area contributed by atoms with Crippen molar-refractivity contribution < 1.29 is 55.1 Å². The molecule has 0 radical (unpaired) electrons. The van der Waals surface area contributed by atoms with Gasteiger partial charge in [0.05, 0.1) is 12.2 Å². The molecule has 30 heavy (non-hydrogen) atoms. The second-order valence-corrected chi connectivity index (χ2v) is 6.93. The topological polar surface area (TPSA) is 258 Å². The maximum Gasteiger partial charge on any atom is 0.351 e. The predicted molar refractivity (Wildman–Crippen MR) is 90.3 cm³/mol. The van der Waals surface area contributed by atoms with Crippen LogP contribution in [0.5, 0.6) is 0 Å². The molecule has 0 spiro atoms. The fourth-order valence-electron chi connectivity index (χ4n) is 3.50. The summed E-state index contributed by atoms with van der Waals surface area (Å²) in [4.78, 5) is 27.8. The molecule has 0 aliphatic carbocycles. The average Bonchev–Trinajstić information content (AvgIpc) is 2.97. The Morgan fingerprint density at radius 2 is 1.77 bits per heavy atom. The van der Waals surface area contributed by atoms with Crippen molar-refractivity contribution in [2.45, 2.75) is 54.7 Å². The quantitative estimate of drug-likeness (QED) is 0.213. The van der Waals surface area contributed by atoms with Crippen LogP contribution in [0.4, 0.5) is 5.82 Å². The molecule has 9 atom stereocenters. The van der Waals surface area contributed by atoms with Crippen molar-refractivity contribution in [2.24, 2.45) is 0 Å². The lowest BCUT2D eigenvalue weighted by atomic mass is 9.81. The van der Waals surface area contributed by atoms with Gasteiger partial charge >= 0.3 is 11.7 Å². The summed E-state index contributed by atoms with van der Waals surface area (Å²) in [6, 6.07) is 0. The Hall–Kier alpha value is -2.21. The van der Waals surface area contributed by atoms with Crippen molar-refractivity contribution in [3.63, 3.8) is 0 Å². The number of carboxylic acid groups (broad SMARTS) is 1. The van der Waals surface area contributed by atoms with Crippen molar-refractivity contribution in [1.29, 1.82) is 0 Å². The third-order valence-corrected chi connectivity index (χ3v) is 5.18. The fraction of sp³-hybridized carbons (Fsp3) is 0.667. The van der Waals surface area contributed by atoms with Crippen molar-refractivity contribution in [2.75, 3.05) is 12.3 Å². The number of aromatic nitrogens is 2. The summed E-state index contributed by atoms with van der Waals surface area (Å²) in [6.45, 7) is -0.712. The third-order valence-electron chi connectivity index (χ3n) is 5.18. The summed E-state index contributed by atoms with van der Waals surface area (Å²) < 4.78 is 10.7. The molecule has 0 saturated carbocycles. The predicted octanol–water partition coefficient (Wildman–Crippen LogP) is -5.85. The molecule has 1 aromatic rings. The molecule has 10 N–H and O–H groups in total. The number of aliphatic carboxylic acids is 1. The maximum atomic E-state index is 12.3. The first-order chi connectivity index (χ1) is 14.0. The Morgan fingerprint density at radius 3 is 2.30 bits per heavy atom. The largest absolute Gasteiger partial charge is 0.479 e. The van der Waals surface area contributed by atoms with Crippen LogP contribution in [0, 0.1) is 0 Å². The normalized spacial score (nSPS) is 41.7. The first-order valence-electron chi connectivity index (χ1n) is 8.62. The molecule has 15 heteroatoms. The van der Waals surface area contributed by atoms with Crippen LogP contribution in [0.25, 0.3) is 0 Å². The number of nitrogens with two attached hydrogens (primary N) is 1. The summed E-state index contributed by atoms with van der Waals surface area (Å²) >= 11 is 0. The molecule has 2 saturated heterocycles. The lowest BCUT2D eigenvalue weighted by Crippen LogP contribution is -2.66. The lowest BCUT2D eigenvalue weighted by Gasteiger charge is -2.44. The molecule has 2 aliphatic rings. The lowest BCUT2D eigenvalue weighted by molar-refractivity contribution is -0.319. The van der Waals surface area contributed by atoms with E-state index in [2.05, 4.69) is 4.98 Å². The highest BCUT2D eigenvalue weighted by molar-refractivity contribution is 5.82. The van der Waals surface area contributed by atoms with Gasteiger partial charge < -0.3 is 56.1 Å². The summed E-state index contributed by atoms with van der Waals surface area (Å²) in [5.74, 6) is -2.72. The monoisotopic (exact) mass is 435 g/mol. The number of hydrogen-bond donors (Lipinski definition) is 9. The first-order valence-corrected chi connectivity index (χ1v) is 8.62. The number of carbonyl (C=O) groups is 1. The Labute approximate surface area is 166 Å². The van der Waals surface area contributed by atoms with Gasteiger partial charge in [-0.25, -0.2) is 9.59 Å². The fourth-order valence-corrected chi connectivity index (χ4v) is 3.50. The molecule has 15 nitrogen and oxygen atoms in total. The van der Waals surface area contributed by atoms with E-state index in [1.54, 1.807) is 0 Å². The second kappa shape index (κ2) is 7.80. The van der Waals surface area contributed by atoms with Gasteiger partial charge in [-0.05, 0) is 0 Å².